The number of nitrogens with one attached hydrogen (secondary N) is 2. The lowest BCUT2D eigenvalue weighted by Crippen LogP contribution is -2.45. The largest absolute Gasteiger partial charge is 0.454 e. The third-order valence-corrected chi connectivity index (χ3v) is 6.07. The topological polar surface area (TPSA) is 122 Å². The van der Waals surface area contributed by atoms with Gasteiger partial charge in [0.2, 0.25) is 17.7 Å². The lowest BCUT2D eigenvalue weighted by Gasteiger charge is -2.23. The molecule has 2 fully saturated rings. The van der Waals surface area contributed by atoms with E-state index in [2.05, 4.69) is 10.6 Å². The van der Waals surface area contributed by atoms with Crippen LogP contribution in [0.3, 0.4) is 0 Å². The van der Waals surface area contributed by atoms with Gasteiger partial charge in [0.1, 0.15) is 6.04 Å². The van der Waals surface area contributed by atoms with Crippen LogP contribution >= 0.6 is 0 Å². The number of benzene rings is 1. The summed E-state index contributed by atoms with van der Waals surface area (Å²) in [6.45, 7) is 2.28. The molecule has 31 heavy (non-hydrogen) atoms. The molecule has 0 spiro atoms. The monoisotopic (exact) mass is 425 g/mol. The predicted octanol–water partition coefficient (Wildman–Crippen LogP) is 1.32. The van der Waals surface area contributed by atoms with Crippen LogP contribution in [0.5, 0.6) is 0 Å². The van der Waals surface area contributed by atoms with Crippen molar-refractivity contribution in [3.63, 3.8) is 0 Å². The first-order valence-electron chi connectivity index (χ1n) is 10.2. The van der Waals surface area contributed by atoms with Gasteiger partial charge in [0.15, 0.2) is 6.61 Å². The SMILES string of the molecule is CC(=O)Nc1ccc(NC(=O)COC(=O)[C@H](C)N2C(=O)[C@@H]3[C@H](C2=O)[C@H]2C=C[C@H]3C2)cc1. The number of anilines is 2. The molecule has 9 heteroatoms. The van der Waals surface area contributed by atoms with Crippen LogP contribution in [-0.4, -0.2) is 47.1 Å². The fraction of sp³-hybridized carbons (Fsp3) is 0.409. The summed E-state index contributed by atoms with van der Waals surface area (Å²) in [5, 5.41) is 5.18. The first-order valence-corrected chi connectivity index (χ1v) is 10.2. The number of esters is 1. The fourth-order valence-electron chi connectivity index (χ4n) is 4.71. The van der Waals surface area contributed by atoms with E-state index in [0.717, 1.165) is 11.3 Å². The summed E-state index contributed by atoms with van der Waals surface area (Å²) < 4.78 is 5.04. The minimum absolute atomic E-state index is 0.0579. The van der Waals surface area contributed by atoms with Crippen molar-refractivity contribution in [2.24, 2.45) is 23.7 Å². The summed E-state index contributed by atoms with van der Waals surface area (Å²) in [6.07, 6.45) is 4.78. The van der Waals surface area contributed by atoms with Gasteiger partial charge in [-0.25, -0.2) is 4.79 Å². The van der Waals surface area contributed by atoms with Gasteiger partial charge >= 0.3 is 5.97 Å². The summed E-state index contributed by atoms with van der Waals surface area (Å²) in [6, 6.07) is 5.34. The summed E-state index contributed by atoms with van der Waals surface area (Å²) in [4.78, 5) is 62.1. The Hall–Kier alpha value is -3.49. The molecule has 162 valence electrons. The highest BCUT2D eigenvalue weighted by Crippen LogP contribution is 2.52. The first-order chi connectivity index (χ1) is 14.8. The molecular weight excluding hydrogens is 402 g/mol. The second-order valence-electron chi connectivity index (χ2n) is 8.14. The summed E-state index contributed by atoms with van der Waals surface area (Å²) in [5.41, 5.74) is 1.04. The van der Waals surface area contributed by atoms with Crippen LogP contribution in [-0.2, 0) is 28.7 Å². The number of carbonyl (C=O) groups excluding carboxylic acids is 5. The quantitative estimate of drug-likeness (QED) is 0.403. The van der Waals surface area contributed by atoms with E-state index in [1.807, 2.05) is 12.2 Å². The van der Waals surface area contributed by atoms with Crippen LogP contribution < -0.4 is 10.6 Å². The maximum Gasteiger partial charge on any atom is 0.329 e. The van der Waals surface area contributed by atoms with Crippen LogP contribution in [0.2, 0.25) is 0 Å². The fourth-order valence-corrected chi connectivity index (χ4v) is 4.71. The van der Waals surface area contributed by atoms with Crippen molar-refractivity contribution in [1.29, 1.82) is 0 Å². The number of hydrogen-bond donors (Lipinski definition) is 2. The van der Waals surface area contributed by atoms with Crippen molar-refractivity contribution in [3.8, 4) is 0 Å². The van der Waals surface area contributed by atoms with Gasteiger partial charge in [-0.3, -0.25) is 24.1 Å². The normalized spacial score (nSPS) is 26.6. The van der Waals surface area contributed by atoms with Crippen LogP contribution in [0.4, 0.5) is 11.4 Å². The molecule has 1 aromatic carbocycles. The molecule has 2 aliphatic carbocycles. The highest BCUT2D eigenvalue weighted by molar-refractivity contribution is 6.09. The molecule has 4 amide bonds. The number of rotatable bonds is 6. The Morgan fingerprint density at radius 2 is 1.52 bits per heavy atom. The third kappa shape index (κ3) is 3.83. The maximum atomic E-state index is 12.8. The number of amides is 4. The summed E-state index contributed by atoms with van der Waals surface area (Å²) in [5.74, 6) is -2.91. The highest BCUT2D eigenvalue weighted by atomic mass is 16.5. The van der Waals surface area contributed by atoms with Crippen LogP contribution in [0.15, 0.2) is 36.4 Å². The second kappa shape index (κ2) is 7.98. The molecular formula is C22H23N3O6. The lowest BCUT2D eigenvalue weighted by molar-refractivity contribution is -0.159. The van der Waals surface area contributed by atoms with Crippen molar-refractivity contribution in [2.75, 3.05) is 17.2 Å². The van der Waals surface area contributed by atoms with E-state index in [-0.39, 0.29) is 41.4 Å². The van der Waals surface area contributed by atoms with E-state index in [1.54, 1.807) is 24.3 Å². The zero-order chi connectivity index (χ0) is 22.3. The number of fused-ring (bicyclic) bond motifs is 5. The van der Waals surface area contributed by atoms with Crippen molar-refractivity contribution >= 4 is 41.0 Å². The van der Waals surface area contributed by atoms with Gasteiger partial charge < -0.3 is 15.4 Å². The number of imide groups is 1. The van der Waals surface area contributed by atoms with Gasteiger partial charge in [0.25, 0.3) is 5.91 Å². The van der Waals surface area contributed by atoms with E-state index < -0.39 is 24.5 Å². The van der Waals surface area contributed by atoms with Crippen molar-refractivity contribution in [2.45, 2.75) is 26.3 Å². The summed E-state index contributed by atoms with van der Waals surface area (Å²) in [7, 11) is 0. The molecule has 1 saturated heterocycles. The van der Waals surface area contributed by atoms with Crippen molar-refractivity contribution in [1.82, 2.24) is 4.90 Å². The number of hydrogen-bond acceptors (Lipinski definition) is 6. The molecule has 4 rings (SSSR count). The standard InChI is InChI=1S/C22H23N3O6/c1-11(25-20(28)18-13-3-4-14(9-13)19(18)21(25)29)22(30)31-10-17(27)24-16-7-5-15(6-8-16)23-12(2)26/h3-8,11,13-14,18-19H,9-10H2,1-2H3,(H,23,26)(H,24,27)/t11-,13-,14-,18-,19+/m0/s1. The third-order valence-electron chi connectivity index (χ3n) is 6.07. The molecule has 1 aliphatic heterocycles. The average molecular weight is 425 g/mol. The lowest BCUT2D eigenvalue weighted by atomic mass is 9.85. The minimum Gasteiger partial charge on any atom is -0.454 e. The van der Waals surface area contributed by atoms with Gasteiger partial charge in [-0.2, -0.15) is 0 Å². The van der Waals surface area contributed by atoms with E-state index in [4.69, 9.17) is 4.74 Å². The molecule has 0 unspecified atom stereocenters. The molecule has 5 atom stereocenters. The first kappa shape index (κ1) is 20.8. The molecule has 0 radical (unpaired) electrons. The van der Waals surface area contributed by atoms with Gasteiger partial charge in [-0.1, -0.05) is 12.2 Å². The smallest absolute Gasteiger partial charge is 0.329 e. The zero-order valence-corrected chi connectivity index (χ0v) is 17.2. The van der Waals surface area contributed by atoms with E-state index in [9.17, 15) is 24.0 Å². The van der Waals surface area contributed by atoms with E-state index in [0.29, 0.717) is 11.4 Å². The van der Waals surface area contributed by atoms with Crippen LogP contribution in [0.25, 0.3) is 0 Å². The Labute approximate surface area is 178 Å². The Balaban J connectivity index is 1.29. The van der Waals surface area contributed by atoms with Gasteiger partial charge in [0, 0.05) is 18.3 Å². The predicted molar refractivity (Wildman–Crippen MR) is 109 cm³/mol. The Morgan fingerprint density at radius 3 is 2.03 bits per heavy atom. The van der Waals surface area contributed by atoms with E-state index in [1.165, 1.54) is 13.8 Å². The zero-order valence-electron chi connectivity index (χ0n) is 17.2. The van der Waals surface area contributed by atoms with Crippen LogP contribution in [0.1, 0.15) is 20.3 Å². The Bertz CT molecular complexity index is 955. The van der Waals surface area contributed by atoms with E-state index >= 15 is 0 Å². The number of nitrogens with zero attached hydrogens (tertiary/aromatic N) is 1. The number of likely N-dealkylation sites (tertiary alicyclic amines) is 1. The molecule has 2 bridgehead atoms. The Kier molecular flexibility index (Phi) is 5.34. The maximum absolute atomic E-state index is 12.8. The van der Waals surface area contributed by atoms with Gasteiger partial charge in [0.05, 0.1) is 11.8 Å². The minimum atomic E-state index is -1.09. The summed E-state index contributed by atoms with van der Waals surface area (Å²) >= 11 is 0. The number of ether oxygens (including phenoxy) is 1. The molecule has 1 heterocycles. The van der Waals surface area contributed by atoms with Crippen molar-refractivity contribution in [3.05, 3.63) is 36.4 Å². The Morgan fingerprint density at radius 1 is 1.00 bits per heavy atom. The molecule has 1 saturated carbocycles. The molecule has 2 N–H and O–H groups in total. The van der Waals surface area contributed by atoms with Gasteiger partial charge in [-0.15, -0.1) is 0 Å². The molecule has 1 aromatic rings. The average Bonchev–Trinajstić information content (AvgIpc) is 3.40. The number of carbonyl (C=O) groups is 5. The molecule has 0 aromatic heterocycles. The molecule has 3 aliphatic rings. The van der Waals surface area contributed by atoms with Gasteiger partial charge in [-0.05, 0) is 49.4 Å². The second-order valence-corrected chi connectivity index (χ2v) is 8.14. The molecule has 9 nitrogen and oxygen atoms in total. The highest BCUT2D eigenvalue weighted by Gasteiger charge is 2.60. The number of allylic oxidation sites excluding steroid dienone is 2. The van der Waals surface area contributed by atoms with Crippen LogP contribution in [0, 0.1) is 23.7 Å². The van der Waals surface area contributed by atoms with Crippen molar-refractivity contribution < 1.29 is 28.7 Å².